The second-order valence-electron chi connectivity index (χ2n) is 1.81. The summed E-state index contributed by atoms with van der Waals surface area (Å²) in [5, 5.41) is 25.4. The largest absolute Gasteiger partial charge is 0.394 e. The van der Waals surface area contributed by atoms with Gasteiger partial charge in [-0.25, -0.2) is 0 Å². The van der Waals surface area contributed by atoms with Crippen molar-refractivity contribution in [1.82, 2.24) is 0 Å². The predicted octanol–water partition coefficient (Wildman–Crippen LogP) is -1.09. The Balaban J connectivity index is 3.03. The summed E-state index contributed by atoms with van der Waals surface area (Å²) in [5.41, 5.74) is -1.05. The van der Waals surface area contributed by atoms with Gasteiger partial charge in [0.25, 0.3) is 0 Å². The highest BCUT2D eigenvalue weighted by molar-refractivity contribution is 6.19. The van der Waals surface area contributed by atoms with E-state index in [-0.39, 0.29) is 19.8 Å². The molecule has 2 atom stereocenters. The van der Waals surface area contributed by atoms with E-state index in [1.807, 2.05) is 0 Å². The van der Waals surface area contributed by atoms with Gasteiger partial charge in [0.2, 0.25) is 0 Å². The molecule has 0 aliphatic heterocycles. The van der Waals surface area contributed by atoms with E-state index >= 15 is 0 Å². The molecule has 0 spiro atoms. The summed E-state index contributed by atoms with van der Waals surface area (Å²) in [4.78, 5) is 0. The molecule has 0 saturated heterocycles. The van der Waals surface area contributed by atoms with Gasteiger partial charge in [-0.2, -0.15) is 0 Å². The van der Waals surface area contributed by atoms with Gasteiger partial charge in [0, 0.05) is 0 Å². The van der Waals surface area contributed by atoms with Crippen LogP contribution < -0.4 is 0 Å². The Hall–Kier alpha value is 0.130. The van der Waals surface area contributed by atoms with Crippen molar-refractivity contribution in [3.63, 3.8) is 0 Å². The third kappa shape index (κ3) is 6.25. The van der Waals surface area contributed by atoms with Gasteiger partial charge in [-0.15, -0.1) is 0 Å². The van der Waals surface area contributed by atoms with Crippen molar-refractivity contribution < 1.29 is 20.1 Å². The maximum atomic E-state index is 8.67. The fraction of sp³-hybridized carbons (Fsp3) is 1.00. The molecule has 5 heteroatoms. The molecule has 0 aromatic heterocycles. The predicted molar refractivity (Wildman–Crippen MR) is 35.8 cm³/mol. The van der Waals surface area contributed by atoms with Gasteiger partial charge in [0.15, 0.2) is 5.56 Å². The molecular formula is C5H11ClO4. The molecule has 10 heavy (non-hydrogen) atoms. The molecule has 0 saturated carbocycles. The Morgan fingerprint density at radius 1 is 1.30 bits per heavy atom. The lowest BCUT2D eigenvalue weighted by Gasteiger charge is -2.07. The molecule has 0 aromatic carbocycles. The van der Waals surface area contributed by atoms with Gasteiger partial charge in [-0.05, 0) is 0 Å². The molecule has 0 aliphatic carbocycles. The highest BCUT2D eigenvalue weighted by atomic mass is 35.5. The van der Waals surface area contributed by atoms with Crippen molar-refractivity contribution in [3.8, 4) is 0 Å². The van der Waals surface area contributed by atoms with E-state index in [2.05, 4.69) is 4.74 Å². The van der Waals surface area contributed by atoms with E-state index in [4.69, 9.17) is 26.9 Å². The Morgan fingerprint density at radius 3 is 2.30 bits per heavy atom. The summed E-state index contributed by atoms with van der Waals surface area (Å²) in [6.07, 6.45) is -0.893. The highest BCUT2D eigenvalue weighted by Crippen LogP contribution is 1.91. The maximum absolute atomic E-state index is 8.67. The third-order valence-corrected chi connectivity index (χ3v) is 0.902. The molecule has 0 bridgehead atoms. The SMILES string of the molecule is OCC(O)COCC(O)Cl. The number of alkyl halides is 1. The lowest BCUT2D eigenvalue weighted by atomic mass is 10.4. The first-order chi connectivity index (χ1) is 4.66. The topological polar surface area (TPSA) is 69.9 Å². The fourth-order valence-corrected chi connectivity index (χ4v) is 0.443. The van der Waals surface area contributed by atoms with Crippen molar-refractivity contribution in [1.29, 1.82) is 0 Å². The van der Waals surface area contributed by atoms with Gasteiger partial charge < -0.3 is 20.1 Å². The van der Waals surface area contributed by atoms with E-state index in [1.165, 1.54) is 0 Å². The number of hydrogen-bond acceptors (Lipinski definition) is 4. The fourth-order valence-electron chi connectivity index (χ4n) is 0.354. The van der Waals surface area contributed by atoms with Crippen molar-refractivity contribution in [2.45, 2.75) is 11.7 Å². The van der Waals surface area contributed by atoms with E-state index < -0.39 is 11.7 Å². The van der Waals surface area contributed by atoms with Crippen LogP contribution in [0.4, 0.5) is 0 Å². The zero-order valence-corrected chi connectivity index (χ0v) is 6.16. The summed E-state index contributed by atoms with van der Waals surface area (Å²) in [6.45, 7) is -0.405. The van der Waals surface area contributed by atoms with Crippen molar-refractivity contribution in [3.05, 3.63) is 0 Å². The summed E-state index contributed by atoms with van der Waals surface area (Å²) in [5.74, 6) is 0. The van der Waals surface area contributed by atoms with Crippen LogP contribution in [0.15, 0.2) is 0 Å². The summed E-state index contributed by atoms with van der Waals surface area (Å²) >= 11 is 5.09. The quantitative estimate of drug-likeness (QED) is 0.459. The minimum absolute atomic E-state index is 0.0136. The Bertz CT molecular complexity index is 78.0. The molecule has 0 amide bonds. The second-order valence-corrected chi connectivity index (χ2v) is 2.31. The number of hydrogen-bond donors (Lipinski definition) is 3. The van der Waals surface area contributed by atoms with Crippen molar-refractivity contribution in [2.24, 2.45) is 0 Å². The Kier molecular flexibility index (Phi) is 5.96. The first-order valence-electron chi connectivity index (χ1n) is 2.85. The molecule has 0 fully saturated rings. The molecule has 0 aliphatic rings. The zero-order valence-electron chi connectivity index (χ0n) is 5.40. The van der Waals surface area contributed by atoms with Crippen LogP contribution in [-0.4, -0.2) is 46.8 Å². The number of aliphatic hydroxyl groups is 3. The molecule has 4 nitrogen and oxygen atoms in total. The first kappa shape index (κ1) is 10.1. The third-order valence-electron chi connectivity index (χ3n) is 0.776. The van der Waals surface area contributed by atoms with Crippen molar-refractivity contribution in [2.75, 3.05) is 19.8 Å². The molecule has 62 valence electrons. The van der Waals surface area contributed by atoms with Crippen molar-refractivity contribution >= 4 is 11.6 Å². The number of halogens is 1. The molecule has 0 heterocycles. The zero-order chi connectivity index (χ0) is 7.98. The van der Waals surface area contributed by atoms with Crippen LogP contribution >= 0.6 is 11.6 Å². The summed E-state index contributed by atoms with van der Waals surface area (Å²) < 4.78 is 4.66. The van der Waals surface area contributed by atoms with Crippen LogP contribution in [0.1, 0.15) is 0 Å². The number of ether oxygens (including phenoxy) is 1. The minimum atomic E-state index is -1.05. The minimum Gasteiger partial charge on any atom is -0.394 e. The van der Waals surface area contributed by atoms with Crippen LogP contribution in [0, 0.1) is 0 Å². The maximum Gasteiger partial charge on any atom is 0.151 e. The average molecular weight is 171 g/mol. The Morgan fingerprint density at radius 2 is 1.90 bits per heavy atom. The monoisotopic (exact) mass is 170 g/mol. The normalized spacial score (nSPS) is 16.8. The lowest BCUT2D eigenvalue weighted by Crippen LogP contribution is -2.21. The molecule has 0 aromatic rings. The summed E-state index contributed by atoms with van der Waals surface area (Å²) in [6, 6.07) is 0. The molecule has 3 N–H and O–H groups in total. The van der Waals surface area contributed by atoms with E-state index in [0.717, 1.165) is 0 Å². The van der Waals surface area contributed by atoms with Crippen LogP contribution in [0.3, 0.4) is 0 Å². The van der Waals surface area contributed by atoms with Crippen LogP contribution in [0.25, 0.3) is 0 Å². The van der Waals surface area contributed by atoms with Crippen LogP contribution in [0.5, 0.6) is 0 Å². The second kappa shape index (κ2) is 5.88. The Labute approximate surface area is 64.0 Å². The average Bonchev–Trinajstić information content (AvgIpc) is 1.87. The van der Waals surface area contributed by atoms with E-state index in [9.17, 15) is 0 Å². The van der Waals surface area contributed by atoms with Gasteiger partial charge in [-0.1, -0.05) is 11.6 Å². The first-order valence-corrected chi connectivity index (χ1v) is 3.29. The number of aliphatic hydroxyl groups excluding tert-OH is 3. The smallest absolute Gasteiger partial charge is 0.151 e. The summed E-state index contributed by atoms with van der Waals surface area (Å²) in [7, 11) is 0. The standard InChI is InChI=1S/C5H11ClO4/c6-5(9)3-10-2-4(8)1-7/h4-5,7-9H,1-3H2. The van der Waals surface area contributed by atoms with Gasteiger partial charge in [0.1, 0.15) is 6.10 Å². The van der Waals surface area contributed by atoms with Gasteiger partial charge >= 0.3 is 0 Å². The number of rotatable bonds is 5. The highest BCUT2D eigenvalue weighted by Gasteiger charge is 2.03. The van der Waals surface area contributed by atoms with E-state index in [0.29, 0.717) is 0 Å². The van der Waals surface area contributed by atoms with Crippen LogP contribution in [0.2, 0.25) is 0 Å². The molecule has 0 radical (unpaired) electrons. The van der Waals surface area contributed by atoms with E-state index in [1.54, 1.807) is 0 Å². The molecule has 0 rings (SSSR count). The molecular weight excluding hydrogens is 160 g/mol. The van der Waals surface area contributed by atoms with Gasteiger partial charge in [-0.3, -0.25) is 0 Å². The lowest BCUT2D eigenvalue weighted by molar-refractivity contribution is -0.00963. The molecule has 2 unspecified atom stereocenters. The van der Waals surface area contributed by atoms with Crippen LogP contribution in [-0.2, 0) is 4.74 Å². The van der Waals surface area contributed by atoms with Gasteiger partial charge in [0.05, 0.1) is 19.8 Å².